The van der Waals surface area contributed by atoms with Gasteiger partial charge >= 0.3 is 0 Å². The highest BCUT2D eigenvalue weighted by Crippen LogP contribution is 2.36. The third kappa shape index (κ3) is 7.03. The second kappa shape index (κ2) is 11.6. The molecule has 3 heteroatoms. The lowest BCUT2D eigenvalue weighted by Crippen LogP contribution is -2.16. The van der Waals surface area contributed by atoms with E-state index in [1.807, 2.05) is 0 Å². The van der Waals surface area contributed by atoms with Crippen molar-refractivity contribution in [2.45, 2.75) is 110 Å². The average Bonchev–Trinajstić information content (AvgIpc) is 2.63. The van der Waals surface area contributed by atoms with Gasteiger partial charge in [-0.2, -0.15) is 4.39 Å². The van der Waals surface area contributed by atoms with Crippen LogP contribution >= 0.6 is 0 Å². The zero-order valence-corrected chi connectivity index (χ0v) is 16.4. The molecule has 0 spiro atoms. The summed E-state index contributed by atoms with van der Waals surface area (Å²) in [6.07, 6.45) is 18.9. The first kappa shape index (κ1) is 20.3. The van der Waals surface area contributed by atoms with Gasteiger partial charge in [0, 0.05) is 17.7 Å². The summed E-state index contributed by atoms with van der Waals surface area (Å²) in [6, 6.07) is 0. The summed E-state index contributed by atoms with van der Waals surface area (Å²) in [7, 11) is 0. The number of aryl methyl sites for hydroxylation is 1. The number of unbranched alkanes of at least 4 members (excludes halogenated alkanes) is 6. The van der Waals surface area contributed by atoms with Gasteiger partial charge < -0.3 is 0 Å². The molecule has 0 radical (unpaired) electrons. The highest BCUT2D eigenvalue weighted by Gasteiger charge is 2.24. The topological polar surface area (TPSA) is 25.8 Å². The second-order valence-electron chi connectivity index (χ2n) is 7.92. The van der Waals surface area contributed by atoms with Crippen LogP contribution in [0.5, 0.6) is 0 Å². The van der Waals surface area contributed by atoms with E-state index in [9.17, 15) is 4.39 Å². The molecule has 0 bridgehead atoms. The maximum absolute atomic E-state index is 14.2. The molecule has 0 N–H and O–H groups in total. The van der Waals surface area contributed by atoms with Crippen molar-refractivity contribution in [1.82, 2.24) is 9.97 Å². The van der Waals surface area contributed by atoms with E-state index < -0.39 is 0 Å². The zero-order valence-electron chi connectivity index (χ0n) is 16.4. The normalized spacial score (nSPS) is 20.8. The molecule has 1 aromatic heterocycles. The number of hydrogen-bond donors (Lipinski definition) is 0. The number of hydrogen-bond acceptors (Lipinski definition) is 2. The van der Waals surface area contributed by atoms with Crippen LogP contribution in [0.25, 0.3) is 0 Å². The summed E-state index contributed by atoms with van der Waals surface area (Å²) in [6.45, 7) is 4.43. The van der Waals surface area contributed by atoms with Crippen LogP contribution in [0.4, 0.5) is 4.39 Å². The van der Waals surface area contributed by atoms with Gasteiger partial charge in [-0.15, -0.1) is 0 Å². The number of halogens is 1. The van der Waals surface area contributed by atoms with Crippen molar-refractivity contribution >= 4 is 0 Å². The van der Waals surface area contributed by atoms with Crippen molar-refractivity contribution < 1.29 is 4.39 Å². The van der Waals surface area contributed by atoms with Crippen LogP contribution in [0.3, 0.4) is 0 Å². The largest absolute Gasteiger partial charge is 0.241 e. The van der Waals surface area contributed by atoms with Crippen molar-refractivity contribution in [3.05, 3.63) is 23.5 Å². The van der Waals surface area contributed by atoms with Gasteiger partial charge in [-0.25, -0.2) is 9.97 Å². The molecule has 1 heterocycles. The smallest absolute Gasteiger partial charge is 0.219 e. The lowest BCUT2D eigenvalue weighted by atomic mass is 9.79. The highest BCUT2D eigenvalue weighted by molar-refractivity contribution is 5.10. The summed E-state index contributed by atoms with van der Waals surface area (Å²) in [5.74, 6) is 1.71. The maximum atomic E-state index is 14.2. The van der Waals surface area contributed by atoms with Gasteiger partial charge in [-0.05, 0) is 44.4 Å². The quantitative estimate of drug-likeness (QED) is 0.318. The zero-order chi connectivity index (χ0) is 17.9. The van der Waals surface area contributed by atoms with E-state index in [0.717, 1.165) is 50.3 Å². The standard InChI is InChI=1S/C22H37FN2/c1-3-5-7-8-10-11-18-13-15-19(16-14-18)22-24-17-20(21(23)25-22)12-9-6-4-2/h17-19H,3-16H2,1-2H3/t18-,19-. The van der Waals surface area contributed by atoms with Crippen molar-refractivity contribution in [2.24, 2.45) is 5.92 Å². The van der Waals surface area contributed by atoms with Crippen molar-refractivity contribution in [2.75, 3.05) is 0 Å². The SMILES string of the molecule is CCCCCCC[C@H]1CC[C@H](c2ncc(CCCCC)c(F)n2)CC1. The van der Waals surface area contributed by atoms with Crippen LogP contribution in [0.15, 0.2) is 6.20 Å². The summed E-state index contributed by atoms with van der Waals surface area (Å²) >= 11 is 0. The third-order valence-electron chi connectivity index (χ3n) is 5.81. The number of nitrogens with zero attached hydrogens (tertiary/aromatic N) is 2. The predicted molar refractivity (Wildman–Crippen MR) is 103 cm³/mol. The Labute approximate surface area is 154 Å². The van der Waals surface area contributed by atoms with E-state index in [-0.39, 0.29) is 5.95 Å². The highest BCUT2D eigenvalue weighted by atomic mass is 19.1. The molecule has 0 amide bonds. The van der Waals surface area contributed by atoms with Crippen LogP contribution in [0.1, 0.15) is 115 Å². The van der Waals surface area contributed by atoms with E-state index in [1.165, 1.54) is 51.4 Å². The molecule has 142 valence electrons. The minimum absolute atomic E-state index is 0.279. The Morgan fingerprint density at radius 1 is 0.920 bits per heavy atom. The molecule has 25 heavy (non-hydrogen) atoms. The molecule has 1 saturated carbocycles. The Hall–Kier alpha value is -0.990. The Balaban J connectivity index is 1.73. The van der Waals surface area contributed by atoms with E-state index in [4.69, 9.17) is 0 Å². The molecule has 0 aromatic carbocycles. The maximum Gasteiger partial charge on any atom is 0.219 e. The lowest BCUT2D eigenvalue weighted by molar-refractivity contribution is 0.294. The molecule has 2 rings (SSSR count). The van der Waals surface area contributed by atoms with Crippen molar-refractivity contribution in [3.8, 4) is 0 Å². The first-order chi connectivity index (χ1) is 12.2. The van der Waals surface area contributed by atoms with Gasteiger partial charge in [0.2, 0.25) is 5.95 Å². The van der Waals surface area contributed by atoms with Gasteiger partial charge in [-0.3, -0.25) is 0 Å². The Morgan fingerprint density at radius 2 is 1.60 bits per heavy atom. The summed E-state index contributed by atoms with van der Waals surface area (Å²) in [4.78, 5) is 8.73. The van der Waals surface area contributed by atoms with Crippen LogP contribution in [0.2, 0.25) is 0 Å². The van der Waals surface area contributed by atoms with Gasteiger partial charge in [0.05, 0.1) is 0 Å². The van der Waals surface area contributed by atoms with Crippen LogP contribution in [-0.4, -0.2) is 9.97 Å². The van der Waals surface area contributed by atoms with Crippen molar-refractivity contribution in [1.29, 1.82) is 0 Å². The molecule has 1 aliphatic carbocycles. The Bertz CT molecular complexity index is 481. The molecule has 0 unspecified atom stereocenters. The fraction of sp³-hybridized carbons (Fsp3) is 0.818. The summed E-state index contributed by atoms with van der Waals surface area (Å²) < 4.78 is 14.2. The van der Waals surface area contributed by atoms with E-state index in [1.54, 1.807) is 6.20 Å². The van der Waals surface area contributed by atoms with Crippen LogP contribution < -0.4 is 0 Å². The molecule has 0 saturated heterocycles. The molecule has 1 aromatic rings. The monoisotopic (exact) mass is 348 g/mol. The minimum Gasteiger partial charge on any atom is -0.241 e. The molecular weight excluding hydrogens is 311 g/mol. The molecule has 1 aliphatic rings. The molecule has 1 fully saturated rings. The first-order valence-corrected chi connectivity index (χ1v) is 10.8. The fourth-order valence-corrected chi connectivity index (χ4v) is 4.07. The second-order valence-corrected chi connectivity index (χ2v) is 7.92. The van der Waals surface area contributed by atoms with E-state index in [2.05, 4.69) is 23.8 Å². The molecule has 2 nitrogen and oxygen atoms in total. The van der Waals surface area contributed by atoms with Gasteiger partial charge in [0.1, 0.15) is 5.82 Å². The Morgan fingerprint density at radius 3 is 2.28 bits per heavy atom. The average molecular weight is 349 g/mol. The number of aromatic nitrogens is 2. The fourth-order valence-electron chi connectivity index (χ4n) is 4.07. The van der Waals surface area contributed by atoms with Gasteiger partial charge in [0.15, 0.2) is 0 Å². The van der Waals surface area contributed by atoms with Gasteiger partial charge in [0.25, 0.3) is 0 Å². The Kier molecular flexibility index (Phi) is 9.42. The molecular formula is C22H37FN2. The van der Waals surface area contributed by atoms with Crippen LogP contribution in [-0.2, 0) is 6.42 Å². The summed E-state index contributed by atoms with van der Waals surface area (Å²) in [5.41, 5.74) is 0.693. The van der Waals surface area contributed by atoms with E-state index in [0.29, 0.717) is 11.5 Å². The predicted octanol–water partition coefficient (Wildman–Crippen LogP) is 6.98. The first-order valence-electron chi connectivity index (χ1n) is 10.8. The van der Waals surface area contributed by atoms with Crippen LogP contribution in [0, 0.1) is 11.9 Å². The molecule has 0 atom stereocenters. The third-order valence-corrected chi connectivity index (χ3v) is 5.81. The van der Waals surface area contributed by atoms with Gasteiger partial charge in [-0.1, -0.05) is 65.2 Å². The van der Waals surface area contributed by atoms with E-state index >= 15 is 0 Å². The molecule has 0 aliphatic heterocycles. The minimum atomic E-state index is -0.279. The van der Waals surface area contributed by atoms with Crippen molar-refractivity contribution in [3.63, 3.8) is 0 Å². The lowest BCUT2D eigenvalue weighted by Gasteiger charge is -2.27. The summed E-state index contributed by atoms with van der Waals surface area (Å²) in [5, 5.41) is 0. The number of rotatable bonds is 11.